The molecule has 2 aromatic rings. The number of hydrogen-bond acceptors (Lipinski definition) is 6. The molecule has 0 aliphatic carbocycles. The molecular formula is C19H24N4O3S. The van der Waals surface area contributed by atoms with Crippen LogP contribution >= 0.6 is 11.8 Å². The summed E-state index contributed by atoms with van der Waals surface area (Å²) in [6.07, 6.45) is 4.06. The van der Waals surface area contributed by atoms with E-state index in [9.17, 15) is 9.59 Å². The monoisotopic (exact) mass is 388 g/mol. The van der Waals surface area contributed by atoms with Crippen molar-refractivity contribution in [1.29, 1.82) is 0 Å². The summed E-state index contributed by atoms with van der Waals surface area (Å²) in [5, 5.41) is 10.7. The van der Waals surface area contributed by atoms with E-state index in [0.29, 0.717) is 28.9 Å². The van der Waals surface area contributed by atoms with E-state index in [1.165, 1.54) is 18.9 Å². The number of benzene rings is 1. The van der Waals surface area contributed by atoms with Crippen LogP contribution in [0.15, 0.2) is 36.5 Å². The van der Waals surface area contributed by atoms with Crippen molar-refractivity contribution < 1.29 is 14.3 Å². The largest absolute Gasteiger partial charge is 0.468 e. The summed E-state index contributed by atoms with van der Waals surface area (Å²) in [6.45, 7) is 1.92. The normalized spacial score (nSPS) is 16.7. The Bertz CT molecular complexity index is 787. The van der Waals surface area contributed by atoms with Crippen LogP contribution in [0.1, 0.15) is 34.9 Å². The summed E-state index contributed by atoms with van der Waals surface area (Å²) in [6, 6.07) is 9.65. The third-order valence-electron chi connectivity index (χ3n) is 4.39. The molecular weight excluding hydrogens is 364 g/mol. The predicted octanol–water partition coefficient (Wildman–Crippen LogP) is 2.47. The maximum atomic E-state index is 12.5. The maximum Gasteiger partial charge on any atom is 0.315 e. The number of nitrogens with one attached hydrogen (secondary N) is 2. The second-order valence-corrected chi connectivity index (χ2v) is 7.39. The zero-order chi connectivity index (χ0) is 19.1. The lowest BCUT2D eigenvalue weighted by Crippen LogP contribution is -2.32. The van der Waals surface area contributed by atoms with Gasteiger partial charge in [-0.25, -0.2) is 0 Å². The number of thioether (sulfide) groups is 1. The molecule has 1 aromatic heterocycles. The van der Waals surface area contributed by atoms with Gasteiger partial charge in [0.2, 0.25) is 0 Å². The molecule has 1 saturated heterocycles. The van der Waals surface area contributed by atoms with Crippen LogP contribution in [0.2, 0.25) is 0 Å². The Labute approximate surface area is 162 Å². The number of carbonyl (C=O) groups is 2. The molecule has 1 aliphatic rings. The van der Waals surface area contributed by atoms with Gasteiger partial charge < -0.3 is 15.4 Å². The van der Waals surface area contributed by atoms with Crippen molar-refractivity contribution in [1.82, 2.24) is 15.1 Å². The minimum atomic E-state index is -0.242. The van der Waals surface area contributed by atoms with Crippen LogP contribution in [-0.4, -0.2) is 47.6 Å². The SMILES string of the molecule is COC(=O)CSCc1cccc(NC(=O)c2ccn(C3CCCNC3)n2)c1. The van der Waals surface area contributed by atoms with Crippen LogP contribution < -0.4 is 10.6 Å². The number of carbonyl (C=O) groups excluding carboxylic acids is 2. The van der Waals surface area contributed by atoms with Gasteiger partial charge in [0.05, 0.1) is 18.9 Å². The minimum Gasteiger partial charge on any atom is -0.468 e. The minimum absolute atomic E-state index is 0.225. The number of esters is 1. The average Bonchev–Trinajstić information content (AvgIpc) is 3.19. The fourth-order valence-electron chi connectivity index (χ4n) is 2.97. The van der Waals surface area contributed by atoms with E-state index in [4.69, 9.17) is 0 Å². The quantitative estimate of drug-likeness (QED) is 0.709. The molecule has 2 N–H and O–H groups in total. The number of piperidine rings is 1. The highest BCUT2D eigenvalue weighted by Gasteiger charge is 2.17. The van der Waals surface area contributed by atoms with E-state index in [2.05, 4.69) is 20.5 Å². The molecule has 7 nitrogen and oxygen atoms in total. The van der Waals surface area contributed by atoms with Gasteiger partial charge in [-0.1, -0.05) is 12.1 Å². The van der Waals surface area contributed by atoms with Gasteiger partial charge in [0.15, 0.2) is 5.69 Å². The van der Waals surface area contributed by atoms with Crippen molar-refractivity contribution in [3.05, 3.63) is 47.8 Å². The molecule has 0 saturated carbocycles. The number of ether oxygens (including phenoxy) is 1. The summed E-state index contributed by atoms with van der Waals surface area (Å²) >= 11 is 1.47. The lowest BCUT2D eigenvalue weighted by molar-refractivity contribution is -0.137. The second kappa shape index (κ2) is 9.57. The molecule has 0 radical (unpaired) electrons. The van der Waals surface area contributed by atoms with Gasteiger partial charge in [-0.15, -0.1) is 11.8 Å². The molecule has 1 aliphatic heterocycles. The molecule has 27 heavy (non-hydrogen) atoms. The first-order valence-corrected chi connectivity index (χ1v) is 10.1. The number of hydrogen-bond donors (Lipinski definition) is 2. The number of aromatic nitrogens is 2. The van der Waals surface area contributed by atoms with Crippen molar-refractivity contribution in [2.24, 2.45) is 0 Å². The van der Waals surface area contributed by atoms with Crippen LogP contribution in [0, 0.1) is 0 Å². The van der Waals surface area contributed by atoms with E-state index in [-0.39, 0.29) is 11.9 Å². The molecule has 144 valence electrons. The van der Waals surface area contributed by atoms with Crippen LogP contribution in [0.4, 0.5) is 5.69 Å². The van der Waals surface area contributed by atoms with Gasteiger partial charge in [0.1, 0.15) is 0 Å². The Kier molecular flexibility index (Phi) is 6.89. The number of amides is 1. The smallest absolute Gasteiger partial charge is 0.315 e. The van der Waals surface area contributed by atoms with Gasteiger partial charge in [0.25, 0.3) is 5.91 Å². The Morgan fingerprint density at radius 2 is 2.30 bits per heavy atom. The Hall–Kier alpha value is -2.32. The topological polar surface area (TPSA) is 85.2 Å². The third kappa shape index (κ3) is 5.58. The van der Waals surface area contributed by atoms with Gasteiger partial charge in [-0.2, -0.15) is 5.10 Å². The van der Waals surface area contributed by atoms with E-state index in [1.54, 1.807) is 6.07 Å². The third-order valence-corrected chi connectivity index (χ3v) is 5.36. The van der Waals surface area contributed by atoms with Gasteiger partial charge in [-0.3, -0.25) is 14.3 Å². The molecule has 2 heterocycles. The first-order chi connectivity index (χ1) is 13.2. The second-order valence-electron chi connectivity index (χ2n) is 6.40. The fraction of sp³-hybridized carbons (Fsp3) is 0.421. The number of nitrogens with zero attached hydrogens (tertiary/aromatic N) is 2. The molecule has 1 aromatic carbocycles. The Balaban J connectivity index is 1.56. The van der Waals surface area contributed by atoms with Crippen LogP contribution in [0.25, 0.3) is 0 Å². The Morgan fingerprint density at radius 1 is 1.41 bits per heavy atom. The van der Waals surface area contributed by atoms with Crippen LogP contribution in [0.5, 0.6) is 0 Å². The number of methoxy groups -OCH3 is 1. The summed E-state index contributed by atoms with van der Waals surface area (Å²) in [7, 11) is 1.38. The first-order valence-electron chi connectivity index (χ1n) is 8.96. The van der Waals surface area contributed by atoms with Gasteiger partial charge >= 0.3 is 5.97 Å². The van der Waals surface area contributed by atoms with Crippen molar-refractivity contribution >= 4 is 29.3 Å². The maximum absolute atomic E-state index is 12.5. The zero-order valence-corrected chi connectivity index (χ0v) is 16.1. The molecule has 1 fully saturated rings. The van der Waals surface area contributed by atoms with E-state index in [1.807, 2.05) is 35.1 Å². The summed E-state index contributed by atoms with van der Waals surface area (Å²) in [5.74, 6) is 0.507. The van der Waals surface area contributed by atoms with Crippen LogP contribution in [-0.2, 0) is 15.3 Å². The zero-order valence-electron chi connectivity index (χ0n) is 15.3. The summed E-state index contributed by atoms with van der Waals surface area (Å²) < 4.78 is 6.51. The highest BCUT2D eigenvalue weighted by Crippen LogP contribution is 2.18. The number of rotatable bonds is 7. The highest BCUT2D eigenvalue weighted by atomic mass is 32.2. The van der Waals surface area contributed by atoms with Gasteiger partial charge in [0, 0.05) is 24.2 Å². The van der Waals surface area contributed by atoms with Gasteiger partial charge in [-0.05, 0) is 43.1 Å². The summed E-state index contributed by atoms with van der Waals surface area (Å²) in [4.78, 5) is 23.7. The molecule has 1 unspecified atom stereocenters. The molecule has 1 atom stereocenters. The van der Waals surface area contributed by atoms with Crippen molar-refractivity contribution in [2.45, 2.75) is 24.6 Å². The molecule has 0 bridgehead atoms. The highest BCUT2D eigenvalue weighted by molar-refractivity contribution is 7.99. The standard InChI is InChI=1S/C19H24N4O3S/c1-26-18(24)13-27-12-14-4-2-5-15(10-14)21-19(25)17-7-9-23(22-17)16-6-3-8-20-11-16/h2,4-5,7,9-10,16,20H,3,6,8,11-13H2,1H3,(H,21,25). The molecule has 0 spiro atoms. The van der Waals surface area contributed by atoms with E-state index >= 15 is 0 Å². The van der Waals surface area contributed by atoms with E-state index in [0.717, 1.165) is 31.5 Å². The number of anilines is 1. The fourth-order valence-corrected chi connectivity index (χ4v) is 3.77. The average molecular weight is 388 g/mol. The van der Waals surface area contributed by atoms with Crippen LogP contribution in [0.3, 0.4) is 0 Å². The summed E-state index contributed by atoms with van der Waals surface area (Å²) in [5.41, 5.74) is 2.15. The molecule has 8 heteroatoms. The Morgan fingerprint density at radius 3 is 3.07 bits per heavy atom. The van der Waals surface area contributed by atoms with Crippen molar-refractivity contribution in [3.63, 3.8) is 0 Å². The lowest BCUT2D eigenvalue weighted by atomic mass is 10.1. The first kappa shape index (κ1) is 19.4. The molecule has 3 rings (SSSR count). The predicted molar refractivity (Wildman–Crippen MR) is 106 cm³/mol. The van der Waals surface area contributed by atoms with Crippen molar-refractivity contribution in [3.8, 4) is 0 Å². The lowest BCUT2D eigenvalue weighted by Gasteiger charge is -2.22. The molecule has 1 amide bonds. The van der Waals surface area contributed by atoms with E-state index < -0.39 is 0 Å². The van der Waals surface area contributed by atoms with Crippen molar-refractivity contribution in [2.75, 3.05) is 31.3 Å².